The predicted octanol–water partition coefficient (Wildman–Crippen LogP) is 0.428. The number of aliphatic carboxylic acids is 1. The molecule has 8 heteroatoms. The summed E-state index contributed by atoms with van der Waals surface area (Å²) in [6, 6.07) is 1.71. The molecule has 0 radical (unpaired) electrons. The van der Waals surface area contributed by atoms with E-state index in [9.17, 15) is 4.79 Å². The number of hydrogen-bond acceptors (Lipinski definition) is 6. The van der Waals surface area contributed by atoms with Crippen LogP contribution >= 0.6 is 11.6 Å². The van der Waals surface area contributed by atoms with Crippen LogP contribution in [0.25, 0.3) is 0 Å². The Morgan fingerprint density at radius 3 is 3.11 bits per heavy atom. The van der Waals surface area contributed by atoms with Crippen molar-refractivity contribution >= 4 is 23.4 Å². The number of ether oxygens (including phenoxy) is 2. The first-order chi connectivity index (χ1) is 8.60. The minimum Gasteiger partial charge on any atom is -0.479 e. The number of morpholine rings is 1. The molecule has 1 aliphatic rings. The summed E-state index contributed by atoms with van der Waals surface area (Å²) in [4.78, 5) is 20.7. The van der Waals surface area contributed by atoms with Gasteiger partial charge in [-0.1, -0.05) is 11.6 Å². The van der Waals surface area contributed by atoms with E-state index in [1.54, 1.807) is 11.0 Å². The number of halogens is 1. The van der Waals surface area contributed by atoms with Gasteiger partial charge < -0.3 is 19.5 Å². The van der Waals surface area contributed by atoms with Crippen LogP contribution in [-0.2, 0) is 9.53 Å². The number of methoxy groups -OCH3 is 1. The van der Waals surface area contributed by atoms with E-state index in [4.69, 9.17) is 26.2 Å². The molecule has 1 N–H and O–H groups in total. The molecule has 0 aromatic carbocycles. The minimum absolute atomic E-state index is 0.149. The van der Waals surface area contributed by atoms with E-state index in [1.807, 2.05) is 0 Å². The number of rotatable bonds is 3. The Labute approximate surface area is 108 Å². The summed E-state index contributed by atoms with van der Waals surface area (Å²) in [5.41, 5.74) is 0. The third kappa shape index (κ3) is 2.80. The molecule has 0 amide bonds. The van der Waals surface area contributed by atoms with Gasteiger partial charge in [0.05, 0.1) is 20.3 Å². The average molecular weight is 274 g/mol. The number of anilines is 1. The first-order valence-electron chi connectivity index (χ1n) is 5.28. The monoisotopic (exact) mass is 273 g/mol. The highest BCUT2D eigenvalue weighted by Gasteiger charge is 2.27. The fraction of sp³-hybridized carbons (Fsp3) is 0.500. The van der Waals surface area contributed by atoms with Crippen LogP contribution in [0.2, 0.25) is 5.15 Å². The summed E-state index contributed by atoms with van der Waals surface area (Å²) in [6.45, 7) is 1.08. The van der Waals surface area contributed by atoms with Crippen molar-refractivity contribution in [2.24, 2.45) is 0 Å². The zero-order valence-electron chi connectivity index (χ0n) is 9.67. The van der Waals surface area contributed by atoms with Crippen LogP contribution in [0.5, 0.6) is 6.01 Å². The van der Waals surface area contributed by atoms with Crippen molar-refractivity contribution in [3.63, 3.8) is 0 Å². The van der Waals surface area contributed by atoms with Crippen LogP contribution in [0, 0.1) is 0 Å². The number of hydrogen-bond donors (Lipinski definition) is 1. The van der Waals surface area contributed by atoms with Crippen molar-refractivity contribution in [3.05, 3.63) is 11.2 Å². The lowest BCUT2D eigenvalue weighted by molar-refractivity contribution is -0.150. The van der Waals surface area contributed by atoms with Gasteiger partial charge >= 0.3 is 12.0 Å². The molecule has 7 nitrogen and oxygen atoms in total. The van der Waals surface area contributed by atoms with Crippen molar-refractivity contribution in [2.75, 3.05) is 31.7 Å². The molecule has 2 heterocycles. The van der Waals surface area contributed by atoms with Crippen LogP contribution in [0.1, 0.15) is 0 Å². The molecule has 1 aromatic rings. The van der Waals surface area contributed by atoms with Gasteiger partial charge in [0, 0.05) is 12.6 Å². The normalized spacial score (nSPS) is 19.7. The molecule has 1 atom stereocenters. The van der Waals surface area contributed by atoms with Gasteiger partial charge in [-0.2, -0.15) is 9.97 Å². The Kier molecular flexibility index (Phi) is 3.83. The standard InChI is InChI=1S/C10H12ClN3O4/c1-17-10-12-7(11)4-8(13-10)14-2-3-18-6(5-14)9(15)16/h4,6H,2-3,5H2,1H3,(H,15,16). The second kappa shape index (κ2) is 5.36. The number of carboxylic acid groups (broad SMARTS) is 1. The molecule has 1 aliphatic heterocycles. The molecular formula is C10H12ClN3O4. The largest absolute Gasteiger partial charge is 0.479 e. The maximum Gasteiger partial charge on any atom is 0.334 e. The van der Waals surface area contributed by atoms with Gasteiger partial charge in [-0.05, 0) is 0 Å². The van der Waals surface area contributed by atoms with Crippen LogP contribution < -0.4 is 9.64 Å². The van der Waals surface area contributed by atoms with Crippen molar-refractivity contribution in [1.82, 2.24) is 9.97 Å². The maximum atomic E-state index is 10.9. The quantitative estimate of drug-likeness (QED) is 0.799. The Morgan fingerprint density at radius 2 is 2.44 bits per heavy atom. The van der Waals surface area contributed by atoms with Crippen molar-refractivity contribution in [2.45, 2.75) is 6.10 Å². The molecule has 2 rings (SSSR count). The molecule has 1 fully saturated rings. The topological polar surface area (TPSA) is 84.8 Å². The zero-order chi connectivity index (χ0) is 13.1. The van der Waals surface area contributed by atoms with E-state index in [1.165, 1.54) is 7.11 Å². The van der Waals surface area contributed by atoms with Gasteiger partial charge in [0.2, 0.25) is 0 Å². The number of carbonyl (C=O) groups is 1. The van der Waals surface area contributed by atoms with Crippen LogP contribution in [-0.4, -0.2) is 54.0 Å². The minimum atomic E-state index is -0.994. The molecule has 0 aliphatic carbocycles. The van der Waals surface area contributed by atoms with E-state index < -0.39 is 12.1 Å². The maximum absolute atomic E-state index is 10.9. The summed E-state index contributed by atoms with van der Waals surface area (Å²) in [7, 11) is 1.44. The first-order valence-corrected chi connectivity index (χ1v) is 5.66. The Balaban J connectivity index is 2.20. The van der Waals surface area contributed by atoms with Crippen molar-refractivity contribution in [3.8, 4) is 6.01 Å². The van der Waals surface area contributed by atoms with Crippen LogP contribution in [0.4, 0.5) is 5.82 Å². The van der Waals surface area contributed by atoms with Gasteiger partial charge in [-0.25, -0.2) is 4.79 Å². The van der Waals surface area contributed by atoms with Gasteiger partial charge in [-0.3, -0.25) is 0 Å². The van der Waals surface area contributed by atoms with Crippen molar-refractivity contribution < 1.29 is 19.4 Å². The highest BCUT2D eigenvalue weighted by Crippen LogP contribution is 2.21. The van der Waals surface area contributed by atoms with E-state index >= 15 is 0 Å². The zero-order valence-corrected chi connectivity index (χ0v) is 10.4. The molecule has 18 heavy (non-hydrogen) atoms. The first kappa shape index (κ1) is 12.8. The third-order valence-corrected chi connectivity index (χ3v) is 2.70. The van der Waals surface area contributed by atoms with Gasteiger partial charge in [-0.15, -0.1) is 0 Å². The second-order valence-electron chi connectivity index (χ2n) is 3.68. The Bertz CT molecular complexity index is 457. The summed E-state index contributed by atoms with van der Waals surface area (Å²) >= 11 is 5.84. The van der Waals surface area contributed by atoms with E-state index in [0.717, 1.165) is 0 Å². The molecule has 1 aromatic heterocycles. The number of carboxylic acids is 1. The van der Waals surface area contributed by atoms with E-state index in [0.29, 0.717) is 19.0 Å². The van der Waals surface area contributed by atoms with Crippen LogP contribution in [0.3, 0.4) is 0 Å². The third-order valence-electron chi connectivity index (χ3n) is 2.51. The van der Waals surface area contributed by atoms with Gasteiger partial charge in [0.15, 0.2) is 6.10 Å². The summed E-state index contributed by atoms with van der Waals surface area (Å²) in [5, 5.41) is 9.17. The predicted molar refractivity (Wildman–Crippen MR) is 63.2 cm³/mol. The number of aromatic nitrogens is 2. The summed E-state index contributed by atoms with van der Waals surface area (Å²) in [6.07, 6.45) is -0.863. The fourth-order valence-corrected chi connectivity index (χ4v) is 1.82. The average Bonchev–Trinajstić information content (AvgIpc) is 2.38. The highest BCUT2D eigenvalue weighted by atomic mass is 35.5. The lowest BCUT2D eigenvalue weighted by Gasteiger charge is -2.31. The molecule has 0 spiro atoms. The SMILES string of the molecule is COc1nc(Cl)cc(N2CCOC(C(=O)O)C2)n1. The lowest BCUT2D eigenvalue weighted by Crippen LogP contribution is -2.46. The summed E-state index contributed by atoms with van der Waals surface area (Å²) in [5.74, 6) is -0.465. The fourth-order valence-electron chi connectivity index (χ4n) is 1.65. The lowest BCUT2D eigenvalue weighted by atomic mass is 10.2. The number of nitrogens with zero attached hydrogens (tertiary/aromatic N) is 3. The van der Waals surface area contributed by atoms with Gasteiger partial charge in [0.1, 0.15) is 11.0 Å². The Hall–Kier alpha value is -1.60. The molecule has 0 saturated carbocycles. The smallest absolute Gasteiger partial charge is 0.334 e. The van der Waals surface area contributed by atoms with Crippen LogP contribution in [0.15, 0.2) is 6.07 Å². The molecule has 1 saturated heterocycles. The van der Waals surface area contributed by atoms with E-state index in [2.05, 4.69) is 9.97 Å². The summed E-state index contributed by atoms with van der Waals surface area (Å²) < 4.78 is 10.0. The van der Waals surface area contributed by atoms with Crippen molar-refractivity contribution in [1.29, 1.82) is 0 Å². The molecule has 0 bridgehead atoms. The Morgan fingerprint density at radius 1 is 1.67 bits per heavy atom. The molecule has 98 valence electrons. The second-order valence-corrected chi connectivity index (χ2v) is 4.07. The van der Waals surface area contributed by atoms with E-state index in [-0.39, 0.29) is 17.7 Å². The highest BCUT2D eigenvalue weighted by molar-refractivity contribution is 6.29. The van der Waals surface area contributed by atoms with Gasteiger partial charge in [0.25, 0.3) is 0 Å². The molecular weight excluding hydrogens is 262 g/mol. The molecule has 1 unspecified atom stereocenters.